The van der Waals surface area contributed by atoms with Crippen LogP contribution >= 0.6 is 23.4 Å². The van der Waals surface area contributed by atoms with Crippen molar-refractivity contribution in [2.75, 3.05) is 11.1 Å². The Morgan fingerprint density at radius 1 is 1.19 bits per heavy atom. The molecule has 0 unspecified atom stereocenters. The molecule has 1 amide bonds. The molecule has 0 fully saturated rings. The Morgan fingerprint density at radius 2 is 1.96 bits per heavy atom. The number of aryl methyl sites for hydroxylation is 1. The van der Waals surface area contributed by atoms with Crippen LogP contribution in [0.2, 0.25) is 5.02 Å². The molecule has 1 N–H and O–H groups in total. The van der Waals surface area contributed by atoms with Gasteiger partial charge in [-0.2, -0.15) is 0 Å². The van der Waals surface area contributed by atoms with Crippen LogP contribution in [0.5, 0.6) is 0 Å². The molecule has 0 saturated heterocycles. The summed E-state index contributed by atoms with van der Waals surface area (Å²) in [6, 6.07) is 15.7. The van der Waals surface area contributed by atoms with Gasteiger partial charge in [-0.25, -0.2) is 0 Å². The number of amides is 1. The number of hydrogen-bond acceptors (Lipinski definition) is 4. The van der Waals surface area contributed by atoms with Crippen LogP contribution in [-0.4, -0.2) is 26.4 Å². The minimum absolute atomic E-state index is 0.124. The molecule has 0 aliphatic heterocycles. The third kappa shape index (κ3) is 5.11. The zero-order valence-corrected chi connectivity index (χ0v) is 16.8. The van der Waals surface area contributed by atoms with E-state index in [1.54, 1.807) is 0 Å². The number of hydrogen-bond donors (Lipinski definition) is 1. The van der Waals surface area contributed by atoms with E-state index in [1.807, 2.05) is 54.8 Å². The molecular formula is C20H21ClN4OS. The van der Waals surface area contributed by atoms with E-state index in [4.69, 9.17) is 11.6 Å². The molecule has 7 heteroatoms. The van der Waals surface area contributed by atoms with Gasteiger partial charge in [0.15, 0.2) is 5.16 Å². The fraction of sp³-hybridized carbons (Fsp3) is 0.250. The van der Waals surface area contributed by atoms with Crippen molar-refractivity contribution in [3.05, 3.63) is 70.5 Å². The number of nitrogens with one attached hydrogen (secondary N) is 1. The highest BCUT2D eigenvalue weighted by Gasteiger charge is 2.14. The number of anilines is 1. The van der Waals surface area contributed by atoms with E-state index >= 15 is 0 Å². The maximum absolute atomic E-state index is 12.3. The molecule has 1 aromatic heterocycles. The number of carbonyl (C=O) groups excluding carboxylic acids is 1. The van der Waals surface area contributed by atoms with E-state index in [0.717, 1.165) is 23.1 Å². The molecule has 0 aliphatic carbocycles. The lowest BCUT2D eigenvalue weighted by Gasteiger charge is -2.09. The average molecular weight is 401 g/mol. The fourth-order valence-corrected chi connectivity index (χ4v) is 3.79. The first-order valence-electron chi connectivity index (χ1n) is 8.71. The van der Waals surface area contributed by atoms with E-state index in [0.29, 0.717) is 17.1 Å². The highest BCUT2D eigenvalue weighted by molar-refractivity contribution is 7.99. The Labute approximate surface area is 168 Å². The first-order valence-corrected chi connectivity index (χ1v) is 10.1. The lowest BCUT2D eigenvalue weighted by Crippen LogP contribution is -2.15. The van der Waals surface area contributed by atoms with Gasteiger partial charge >= 0.3 is 0 Å². The maximum atomic E-state index is 12.3. The van der Waals surface area contributed by atoms with Gasteiger partial charge in [-0.1, -0.05) is 59.8 Å². The molecular weight excluding hydrogens is 380 g/mol. The van der Waals surface area contributed by atoms with Gasteiger partial charge < -0.3 is 9.88 Å². The molecule has 0 aliphatic rings. The zero-order valence-electron chi connectivity index (χ0n) is 15.3. The average Bonchev–Trinajstić information content (AvgIpc) is 3.04. The van der Waals surface area contributed by atoms with Crippen LogP contribution < -0.4 is 5.32 Å². The SMILES string of the molecule is CCn1c(Cc2ccccc2)nnc1SCC(=O)Nc1ccc(C)cc1Cl. The van der Waals surface area contributed by atoms with Gasteiger partial charge in [-0.3, -0.25) is 4.79 Å². The predicted octanol–water partition coefficient (Wildman–Crippen LogP) is 4.58. The minimum Gasteiger partial charge on any atom is -0.324 e. The van der Waals surface area contributed by atoms with Crippen LogP contribution in [0.3, 0.4) is 0 Å². The number of nitrogens with zero attached hydrogens (tertiary/aromatic N) is 3. The number of benzene rings is 2. The highest BCUT2D eigenvalue weighted by atomic mass is 35.5. The van der Waals surface area contributed by atoms with Crippen molar-refractivity contribution in [3.63, 3.8) is 0 Å². The quantitative estimate of drug-likeness (QED) is 0.589. The number of thioether (sulfide) groups is 1. The molecule has 140 valence electrons. The van der Waals surface area contributed by atoms with Crippen molar-refractivity contribution in [2.45, 2.75) is 32.0 Å². The first-order chi connectivity index (χ1) is 13.1. The number of halogens is 1. The second-order valence-electron chi connectivity index (χ2n) is 6.13. The fourth-order valence-electron chi connectivity index (χ4n) is 2.69. The second-order valence-corrected chi connectivity index (χ2v) is 7.48. The van der Waals surface area contributed by atoms with E-state index in [9.17, 15) is 4.79 Å². The molecule has 5 nitrogen and oxygen atoms in total. The number of carbonyl (C=O) groups is 1. The lowest BCUT2D eigenvalue weighted by atomic mass is 10.1. The molecule has 0 saturated carbocycles. The summed E-state index contributed by atoms with van der Waals surface area (Å²) >= 11 is 7.54. The van der Waals surface area contributed by atoms with Gasteiger partial charge in [-0.15, -0.1) is 10.2 Å². The Kier molecular flexibility index (Phi) is 6.53. The van der Waals surface area contributed by atoms with E-state index in [1.165, 1.54) is 17.3 Å². The van der Waals surface area contributed by atoms with Gasteiger partial charge in [0.05, 0.1) is 16.5 Å². The van der Waals surface area contributed by atoms with Crippen molar-refractivity contribution < 1.29 is 4.79 Å². The molecule has 0 bridgehead atoms. The normalized spacial score (nSPS) is 10.8. The van der Waals surface area contributed by atoms with E-state index in [-0.39, 0.29) is 11.7 Å². The number of aromatic nitrogens is 3. The smallest absolute Gasteiger partial charge is 0.234 e. The Balaban J connectivity index is 1.63. The van der Waals surface area contributed by atoms with Gasteiger partial charge in [0.2, 0.25) is 5.91 Å². The van der Waals surface area contributed by atoms with Crippen LogP contribution in [-0.2, 0) is 17.8 Å². The monoisotopic (exact) mass is 400 g/mol. The van der Waals surface area contributed by atoms with Crippen LogP contribution in [0.4, 0.5) is 5.69 Å². The third-order valence-corrected chi connectivity index (χ3v) is 5.33. The summed E-state index contributed by atoms with van der Waals surface area (Å²) in [5.74, 6) is 1.02. The van der Waals surface area contributed by atoms with Gasteiger partial charge in [0.25, 0.3) is 0 Å². The van der Waals surface area contributed by atoms with Gasteiger partial charge in [0.1, 0.15) is 5.82 Å². The Hall–Kier alpha value is -2.31. The molecule has 0 atom stereocenters. The van der Waals surface area contributed by atoms with Crippen molar-refractivity contribution in [3.8, 4) is 0 Å². The second kappa shape index (κ2) is 9.06. The predicted molar refractivity (Wildman–Crippen MR) is 110 cm³/mol. The van der Waals surface area contributed by atoms with Crippen LogP contribution in [0, 0.1) is 6.92 Å². The maximum Gasteiger partial charge on any atom is 0.234 e. The minimum atomic E-state index is -0.124. The highest BCUT2D eigenvalue weighted by Crippen LogP contribution is 2.24. The summed E-state index contributed by atoms with van der Waals surface area (Å²) in [6.45, 7) is 4.76. The summed E-state index contributed by atoms with van der Waals surface area (Å²) < 4.78 is 2.05. The molecule has 3 rings (SSSR count). The zero-order chi connectivity index (χ0) is 19.2. The van der Waals surface area contributed by atoms with E-state index in [2.05, 4.69) is 27.6 Å². The van der Waals surface area contributed by atoms with Crippen molar-refractivity contribution in [2.24, 2.45) is 0 Å². The molecule has 1 heterocycles. The summed E-state index contributed by atoms with van der Waals surface area (Å²) in [5, 5.41) is 12.7. The molecule has 0 spiro atoms. The molecule has 0 radical (unpaired) electrons. The van der Waals surface area contributed by atoms with Crippen LogP contribution in [0.25, 0.3) is 0 Å². The van der Waals surface area contributed by atoms with Gasteiger partial charge in [-0.05, 0) is 37.1 Å². The summed E-state index contributed by atoms with van der Waals surface area (Å²) in [4.78, 5) is 12.3. The van der Waals surface area contributed by atoms with E-state index < -0.39 is 0 Å². The summed E-state index contributed by atoms with van der Waals surface area (Å²) in [6.07, 6.45) is 0.716. The summed E-state index contributed by atoms with van der Waals surface area (Å²) in [7, 11) is 0. The van der Waals surface area contributed by atoms with Crippen LogP contribution in [0.15, 0.2) is 53.7 Å². The van der Waals surface area contributed by atoms with Crippen molar-refractivity contribution >= 4 is 35.0 Å². The molecule has 2 aromatic carbocycles. The molecule has 3 aromatic rings. The topological polar surface area (TPSA) is 59.8 Å². The van der Waals surface area contributed by atoms with Crippen molar-refractivity contribution in [1.29, 1.82) is 0 Å². The Bertz CT molecular complexity index is 927. The lowest BCUT2D eigenvalue weighted by molar-refractivity contribution is -0.113. The molecule has 27 heavy (non-hydrogen) atoms. The first kappa shape index (κ1) is 19.5. The van der Waals surface area contributed by atoms with Crippen molar-refractivity contribution in [1.82, 2.24) is 14.8 Å². The van der Waals surface area contributed by atoms with Crippen LogP contribution in [0.1, 0.15) is 23.9 Å². The standard InChI is InChI=1S/C20H21ClN4OS/c1-3-25-18(12-15-7-5-4-6-8-15)23-24-20(25)27-13-19(26)22-17-10-9-14(2)11-16(17)21/h4-11H,3,12-13H2,1-2H3,(H,22,26). The van der Waals surface area contributed by atoms with Gasteiger partial charge in [0, 0.05) is 13.0 Å². The Morgan fingerprint density at radius 3 is 2.67 bits per heavy atom. The largest absolute Gasteiger partial charge is 0.324 e. The summed E-state index contributed by atoms with van der Waals surface area (Å²) in [5.41, 5.74) is 2.85. The number of rotatable bonds is 7. The third-order valence-electron chi connectivity index (χ3n) is 4.05.